The zero-order valence-corrected chi connectivity index (χ0v) is 5.60. The van der Waals surface area contributed by atoms with E-state index in [2.05, 4.69) is 31.8 Å². The van der Waals surface area contributed by atoms with Gasteiger partial charge in [0.1, 0.15) is 0 Å². The molecule has 1 aliphatic rings. The van der Waals surface area contributed by atoms with Crippen molar-refractivity contribution in [1.29, 1.82) is 0 Å². The highest BCUT2D eigenvalue weighted by atomic mass is 14.8. The van der Waals surface area contributed by atoms with E-state index in [0.29, 0.717) is 0 Å². The van der Waals surface area contributed by atoms with E-state index < -0.39 is 0 Å². The fourth-order valence-electron chi connectivity index (χ4n) is 0.900. The molecule has 44 valence electrons. The molecule has 1 heterocycles. The van der Waals surface area contributed by atoms with Crippen LogP contribution in [0.1, 0.15) is 20.8 Å². The Morgan fingerprint density at radius 2 is 2.12 bits per heavy atom. The van der Waals surface area contributed by atoms with Gasteiger partial charge in [0.2, 0.25) is 0 Å². The predicted octanol–water partition coefficient (Wildman–Crippen LogP) is 1.80. The first-order valence-corrected chi connectivity index (χ1v) is 2.85. The summed E-state index contributed by atoms with van der Waals surface area (Å²) in [5, 5.41) is 0. The molecule has 1 aliphatic heterocycles. The van der Waals surface area contributed by atoms with E-state index >= 15 is 0 Å². The fraction of sp³-hybridized carbons (Fsp3) is 0.571. The smallest absolute Gasteiger partial charge is 0.0737 e. The first kappa shape index (κ1) is 5.54. The van der Waals surface area contributed by atoms with E-state index in [-0.39, 0.29) is 5.54 Å². The monoisotopic (exact) mass is 109 g/mol. The van der Waals surface area contributed by atoms with Crippen molar-refractivity contribution in [2.45, 2.75) is 26.3 Å². The van der Waals surface area contributed by atoms with Gasteiger partial charge in [-0.2, -0.15) is 0 Å². The molecule has 8 heavy (non-hydrogen) atoms. The van der Waals surface area contributed by atoms with Crippen LogP contribution in [0.2, 0.25) is 0 Å². The molecule has 0 aromatic heterocycles. The van der Waals surface area contributed by atoms with Crippen molar-refractivity contribution in [2.24, 2.45) is 4.99 Å². The Hall–Kier alpha value is -0.590. The molecule has 0 aromatic carbocycles. The van der Waals surface area contributed by atoms with Crippen molar-refractivity contribution in [3.8, 4) is 0 Å². The number of nitrogens with zero attached hydrogens (tertiary/aromatic N) is 1. The fourth-order valence-corrected chi connectivity index (χ4v) is 0.900. The van der Waals surface area contributed by atoms with Crippen LogP contribution < -0.4 is 0 Å². The second-order valence-corrected chi connectivity index (χ2v) is 2.80. The van der Waals surface area contributed by atoms with Gasteiger partial charge in [0.15, 0.2) is 0 Å². The van der Waals surface area contributed by atoms with Gasteiger partial charge in [0.05, 0.1) is 5.54 Å². The second-order valence-electron chi connectivity index (χ2n) is 2.80. The normalized spacial score (nSPS) is 23.6. The zero-order chi connectivity index (χ0) is 6.20. The van der Waals surface area contributed by atoms with Crippen molar-refractivity contribution in [3.05, 3.63) is 11.6 Å². The molecule has 0 bridgehead atoms. The molecule has 1 rings (SSSR count). The molecule has 0 spiro atoms. The molecule has 0 atom stereocenters. The third kappa shape index (κ3) is 0.971. The zero-order valence-electron chi connectivity index (χ0n) is 5.60. The Morgan fingerprint density at radius 3 is 2.25 bits per heavy atom. The molecule has 0 radical (unpaired) electrons. The number of rotatable bonds is 0. The molecule has 0 N–H and O–H groups in total. The van der Waals surface area contributed by atoms with Crippen LogP contribution in [0.3, 0.4) is 0 Å². The lowest BCUT2D eigenvalue weighted by Crippen LogP contribution is -2.07. The lowest BCUT2D eigenvalue weighted by atomic mass is 10.1. The maximum Gasteiger partial charge on any atom is 0.0737 e. The second kappa shape index (κ2) is 1.44. The van der Waals surface area contributed by atoms with E-state index in [9.17, 15) is 0 Å². The molecule has 0 aromatic rings. The molecule has 0 amide bonds. The standard InChI is InChI=1S/C7H11N/c1-6-4-7(2,3)8-5-6/h4-5H,1-3H3. The van der Waals surface area contributed by atoms with Crippen LogP contribution in [0.5, 0.6) is 0 Å². The van der Waals surface area contributed by atoms with Gasteiger partial charge in [-0.25, -0.2) is 0 Å². The van der Waals surface area contributed by atoms with Gasteiger partial charge in [0, 0.05) is 6.21 Å². The number of aliphatic imine (C=N–C) groups is 1. The van der Waals surface area contributed by atoms with Crippen molar-refractivity contribution >= 4 is 6.21 Å². The van der Waals surface area contributed by atoms with E-state index in [4.69, 9.17) is 0 Å². The summed E-state index contributed by atoms with van der Waals surface area (Å²) in [6.45, 7) is 6.26. The summed E-state index contributed by atoms with van der Waals surface area (Å²) in [7, 11) is 0. The van der Waals surface area contributed by atoms with Crippen molar-refractivity contribution in [2.75, 3.05) is 0 Å². The minimum Gasteiger partial charge on any atom is -0.283 e. The van der Waals surface area contributed by atoms with Gasteiger partial charge in [-0.3, -0.25) is 4.99 Å². The maximum atomic E-state index is 4.23. The summed E-state index contributed by atoms with van der Waals surface area (Å²) >= 11 is 0. The summed E-state index contributed by atoms with van der Waals surface area (Å²) in [5.74, 6) is 0. The topological polar surface area (TPSA) is 12.4 Å². The van der Waals surface area contributed by atoms with E-state index in [1.165, 1.54) is 5.57 Å². The summed E-state index contributed by atoms with van der Waals surface area (Å²) < 4.78 is 0. The van der Waals surface area contributed by atoms with Gasteiger partial charge in [-0.05, 0) is 26.3 Å². The molecule has 1 nitrogen and oxygen atoms in total. The summed E-state index contributed by atoms with van der Waals surface area (Å²) in [5.41, 5.74) is 1.35. The largest absolute Gasteiger partial charge is 0.283 e. The Kier molecular flexibility index (Phi) is 0.999. The van der Waals surface area contributed by atoms with Crippen molar-refractivity contribution in [1.82, 2.24) is 0 Å². The lowest BCUT2D eigenvalue weighted by Gasteiger charge is -2.07. The highest BCUT2D eigenvalue weighted by molar-refractivity contribution is 5.81. The first-order chi connectivity index (χ1) is 3.60. The Labute approximate surface area is 50.1 Å². The molecule has 0 fully saturated rings. The van der Waals surface area contributed by atoms with Crippen molar-refractivity contribution < 1.29 is 0 Å². The van der Waals surface area contributed by atoms with Crippen LogP contribution in [0.4, 0.5) is 0 Å². The Bertz CT molecular complexity index is 152. The molecular weight excluding hydrogens is 98.1 g/mol. The third-order valence-electron chi connectivity index (χ3n) is 1.18. The van der Waals surface area contributed by atoms with Crippen molar-refractivity contribution in [3.63, 3.8) is 0 Å². The Balaban J connectivity index is 2.84. The van der Waals surface area contributed by atoms with Gasteiger partial charge < -0.3 is 0 Å². The minimum absolute atomic E-state index is 0.0735. The molecule has 0 aliphatic carbocycles. The van der Waals surface area contributed by atoms with E-state index in [0.717, 1.165) is 0 Å². The van der Waals surface area contributed by atoms with E-state index in [1.807, 2.05) is 6.21 Å². The number of allylic oxidation sites excluding steroid dienone is 1. The highest BCUT2D eigenvalue weighted by Crippen LogP contribution is 2.17. The molecular formula is C7H11N. The average Bonchev–Trinajstić information content (AvgIpc) is 1.82. The number of hydrogen-bond acceptors (Lipinski definition) is 1. The maximum absolute atomic E-state index is 4.23. The molecule has 0 unspecified atom stereocenters. The summed E-state index contributed by atoms with van der Waals surface area (Å²) in [6, 6.07) is 0. The number of hydrogen-bond donors (Lipinski definition) is 0. The van der Waals surface area contributed by atoms with Gasteiger partial charge in [0.25, 0.3) is 0 Å². The summed E-state index contributed by atoms with van der Waals surface area (Å²) in [4.78, 5) is 4.23. The quantitative estimate of drug-likeness (QED) is 0.449. The lowest BCUT2D eigenvalue weighted by molar-refractivity contribution is 0.670. The highest BCUT2D eigenvalue weighted by Gasteiger charge is 2.14. The Morgan fingerprint density at radius 1 is 1.50 bits per heavy atom. The first-order valence-electron chi connectivity index (χ1n) is 2.85. The van der Waals surface area contributed by atoms with E-state index in [1.54, 1.807) is 0 Å². The molecule has 0 saturated heterocycles. The van der Waals surface area contributed by atoms with Crippen LogP contribution in [-0.2, 0) is 0 Å². The molecule has 0 saturated carbocycles. The van der Waals surface area contributed by atoms with Crippen LogP contribution in [0.15, 0.2) is 16.6 Å². The minimum atomic E-state index is 0.0735. The van der Waals surface area contributed by atoms with Crippen LogP contribution in [0.25, 0.3) is 0 Å². The van der Waals surface area contributed by atoms with Gasteiger partial charge >= 0.3 is 0 Å². The third-order valence-corrected chi connectivity index (χ3v) is 1.18. The molecule has 1 heteroatoms. The SMILES string of the molecule is CC1=CC(C)(C)N=C1. The average molecular weight is 109 g/mol. The van der Waals surface area contributed by atoms with Crippen LogP contribution in [0, 0.1) is 0 Å². The van der Waals surface area contributed by atoms with Gasteiger partial charge in [-0.15, -0.1) is 0 Å². The van der Waals surface area contributed by atoms with Crippen LogP contribution in [-0.4, -0.2) is 11.8 Å². The summed E-state index contributed by atoms with van der Waals surface area (Å²) in [6.07, 6.45) is 4.08. The predicted molar refractivity (Wildman–Crippen MR) is 36.3 cm³/mol. The van der Waals surface area contributed by atoms with Crippen LogP contribution >= 0.6 is 0 Å². The van der Waals surface area contributed by atoms with Gasteiger partial charge in [-0.1, -0.05) is 6.08 Å².